The molecule has 0 aliphatic rings. The Morgan fingerprint density at radius 3 is 2.63 bits per heavy atom. The minimum Gasteiger partial charge on any atom is -0.475 e. The molecule has 1 aromatic heterocycles. The van der Waals surface area contributed by atoms with Crippen molar-refractivity contribution in [2.75, 3.05) is 19.8 Å². The molecule has 0 amide bonds. The van der Waals surface area contributed by atoms with Gasteiger partial charge in [0.15, 0.2) is 0 Å². The van der Waals surface area contributed by atoms with Crippen LogP contribution in [0.15, 0.2) is 18.2 Å². The number of rotatable bonds is 8. The van der Waals surface area contributed by atoms with E-state index in [2.05, 4.69) is 38.0 Å². The topological polar surface area (TPSA) is 43.4 Å². The summed E-state index contributed by atoms with van der Waals surface area (Å²) in [5.41, 5.74) is 1.08. The van der Waals surface area contributed by atoms with Crippen LogP contribution in [0.3, 0.4) is 0 Å². The lowest BCUT2D eigenvalue weighted by Gasteiger charge is -2.20. The molecule has 1 rings (SSSR count). The van der Waals surface area contributed by atoms with Crippen LogP contribution in [-0.2, 0) is 11.3 Å². The van der Waals surface area contributed by atoms with E-state index in [0.29, 0.717) is 19.1 Å². The highest BCUT2D eigenvalue weighted by molar-refractivity contribution is 5.15. The average molecular weight is 266 g/mol. The van der Waals surface area contributed by atoms with Crippen LogP contribution in [0.25, 0.3) is 0 Å². The Labute approximate surface area is 116 Å². The monoisotopic (exact) mass is 266 g/mol. The molecular formula is C15H26N2O2. The summed E-state index contributed by atoms with van der Waals surface area (Å²) in [6.07, 6.45) is 1.03. The Bertz CT molecular complexity index is 361. The van der Waals surface area contributed by atoms with E-state index in [-0.39, 0.29) is 5.54 Å². The zero-order chi connectivity index (χ0) is 14.1. The van der Waals surface area contributed by atoms with Crippen LogP contribution >= 0.6 is 0 Å². The number of aromatic nitrogens is 1. The van der Waals surface area contributed by atoms with Crippen LogP contribution in [-0.4, -0.2) is 30.3 Å². The van der Waals surface area contributed by atoms with Crippen molar-refractivity contribution in [1.82, 2.24) is 10.3 Å². The molecule has 0 aromatic carbocycles. The summed E-state index contributed by atoms with van der Waals surface area (Å²) in [7, 11) is 0. The lowest BCUT2D eigenvalue weighted by molar-refractivity contribution is 0.0989. The molecule has 0 bridgehead atoms. The first-order valence-corrected chi connectivity index (χ1v) is 6.93. The number of nitrogens with one attached hydrogen (secondary N) is 1. The summed E-state index contributed by atoms with van der Waals surface area (Å²) in [4.78, 5) is 4.45. The Morgan fingerprint density at radius 2 is 1.95 bits per heavy atom. The maximum atomic E-state index is 5.56. The van der Waals surface area contributed by atoms with E-state index in [0.717, 1.165) is 25.3 Å². The van der Waals surface area contributed by atoms with Crippen LogP contribution in [0.4, 0.5) is 0 Å². The molecule has 0 aliphatic carbocycles. The second kappa shape index (κ2) is 8.12. The number of nitrogens with zero attached hydrogens (tertiary/aromatic N) is 1. The SMILES string of the molecule is CCCOCCOc1cccc(CNC(C)(C)C)n1. The summed E-state index contributed by atoms with van der Waals surface area (Å²) < 4.78 is 10.9. The quantitative estimate of drug-likeness (QED) is 0.735. The second-order valence-corrected chi connectivity index (χ2v) is 5.53. The van der Waals surface area contributed by atoms with Gasteiger partial charge in [0.1, 0.15) is 6.61 Å². The molecule has 0 spiro atoms. The highest BCUT2D eigenvalue weighted by Gasteiger charge is 2.09. The lowest BCUT2D eigenvalue weighted by Crippen LogP contribution is -2.35. The van der Waals surface area contributed by atoms with Crippen molar-refractivity contribution in [3.8, 4) is 5.88 Å². The summed E-state index contributed by atoms with van der Waals surface area (Å²) in [6.45, 7) is 11.2. The molecule has 0 unspecified atom stereocenters. The van der Waals surface area contributed by atoms with E-state index < -0.39 is 0 Å². The fourth-order valence-electron chi connectivity index (χ4n) is 1.44. The van der Waals surface area contributed by atoms with Crippen LogP contribution in [0.1, 0.15) is 39.8 Å². The van der Waals surface area contributed by atoms with E-state index in [1.165, 1.54) is 0 Å². The van der Waals surface area contributed by atoms with E-state index in [1.54, 1.807) is 0 Å². The zero-order valence-electron chi connectivity index (χ0n) is 12.5. The van der Waals surface area contributed by atoms with Crippen LogP contribution in [0, 0.1) is 0 Å². The molecule has 0 saturated carbocycles. The Balaban J connectivity index is 2.35. The molecule has 19 heavy (non-hydrogen) atoms. The van der Waals surface area contributed by atoms with Gasteiger partial charge < -0.3 is 14.8 Å². The average Bonchev–Trinajstić information content (AvgIpc) is 2.36. The van der Waals surface area contributed by atoms with Crippen LogP contribution < -0.4 is 10.1 Å². The normalized spacial score (nSPS) is 11.6. The van der Waals surface area contributed by atoms with Gasteiger partial charge in [-0.1, -0.05) is 13.0 Å². The summed E-state index contributed by atoms with van der Waals surface area (Å²) >= 11 is 0. The van der Waals surface area contributed by atoms with Gasteiger partial charge in [0, 0.05) is 24.8 Å². The molecular weight excluding hydrogens is 240 g/mol. The number of pyridine rings is 1. The van der Waals surface area contributed by atoms with Crippen molar-refractivity contribution in [3.63, 3.8) is 0 Å². The van der Waals surface area contributed by atoms with Crippen molar-refractivity contribution in [3.05, 3.63) is 23.9 Å². The van der Waals surface area contributed by atoms with E-state index >= 15 is 0 Å². The highest BCUT2D eigenvalue weighted by atomic mass is 16.5. The molecule has 0 saturated heterocycles. The van der Waals surface area contributed by atoms with Crippen molar-refractivity contribution in [1.29, 1.82) is 0 Å². The molecule has 108 valence electrons. The first kappa shape index (κ1) is 15.9. The van der Waals surface area contributed by atoms with Gasteiger partial charge in [-0.25, -0.2) is 4.98 Å². The van der Waals surface area contributed by atoms with Gasteiger partial charge >= 0.3 is 0 Å². The van der Waals surface area contributed by atoms with Gasteiger partial charge in [-0.2, -0.15) is 0 Å². The maximum Gasteiger partial charge on any atom is 0.213 e. The van der Waals surface area contributed by atoms with Crippen molar-refractivity contribution in [2.24, 2.45) is 0 Å². The Morgan fingerprint density at radius 1 is 1.16 bits per heavy atom. The third kappa shape index (κ3) is 7.80. The summed E-state index contributed by atoms with van der Waals surface area (Å²) in [5, 5.41) is 3.41. The number of hydrogen-bond acceptors (Lipinski definition) is 4. The molecule has 0 atom stereocenters. The fourth-order valence-corrected chi connectivity index (χ4v) is 1.44. The Kier molecular flexibility index (Phi) is 6.81. The van der Waals surface area contributed by atoms with Gasteiger partial charge in [-0.15, -0.1) is 0 Å². The number of hydrogen-bond donors (Lipinski definition) is 1. The second-order valence-electron chi connectivity index (χ2n) is 5.53. The zero-order valence-corrected chi connectivity index (χ0v) is 12.5. The van der Waals surface area contributed by atoms with Gasteiger partial charge in [-0.05, 0) is 33.3 Å². The van der Waals surface area contributed by atoms with Crippen molar-refractivity contribution < 1.29 is 9.47 Å². The third-order valence-electron chi connectivity index (χ3n) is 2.41. The molecule has 1 heterocycles. The van der Waals surface area contributed by atoms with Gasteiger partial charge in [0.05, 0.1) is 12.3 Å². The maximum absolute atomic E-state index is 5.56. The number of ether oxygens (including phenoxy) is 2. The van der Waals surface area contributed by atoms with Crippen molar-refractivity contribution >= 4 is 0 Å². The first-order chi connectivity index (χ1) is 9.01. The molecule has 0 aliphatic heterocycles. The molecule has 0 radical (unpaired) electrons. The molecule has 1 N–H and O–H groups in total. The fraction of sp³-hybridized carbons (Fsp3) is 0.667. The molecule has 4 heteroatoms. The van der Waals surface area contributed by atoms with Gasteiger partial charge in [0.25, 0.3) is 0 Å². The van der Waals surface area contributed by atoms with E-state index in [4.69, 9.17) is 9.47 Å². The van der Waals surface area contributed by atoms with Gasteiger partial charge in [-0.3, -0.25) is 0 Å². The third-order valence-corrected chi connectivity index (χ3v) is 2.41. The van der Waals surface area contributed by atoms with Crippen molar-refractivity contribution in [2.45, 2.75) is 46.2 Å². The van der Waals surface area contributed by atoms with E-state index in [1.807, 2.05) is 18.2 Å². The first-order valence-electron chi connectivity index (χ1n) is 6.93. The lowest BCUT2D eigenvalue weighted by atomic mass is 10.1. The summed E-state index contributed by atoms with van der Waals surface area (Å²) in [5.74, 6) is 0.660. The standard InChI is InChI=1S/C15H26N2O2/c1-5-9-18-10-11-19-14-8-6-7-13(17-14)12-16-15(2,3)4/h6-8,16H,5,9-12H2,1-4H3. The predicted octanol–water partition coefficient (Wildman–Crippen LogP) is 2.78. The largest absolute Gasteiger partial charge is 0.475 e. The summed E-state index contributed by atoms with van der Waals surface area (Å²) in [6, 6.07) is 5.84. The highest BCUT2D eigenvalue weighted by Crippen LogP contribution is 2.09. The minimum atomic E-state index is 0.0898. The molecule has 1 aromatic rings. The minimum absolute atomic E-state index is 0.0898. The van der Waals surface area contributed by atoms with Gasteiger partial charge in [0.2, 0.25) is 5.88 Å². The predicted molar refractivity (Wildman–Crippen MR) is 77.4 cm³/mol. The van der Waals surface area contributed by atoms with Crippen LogP contribution in [0.2, 0.25) is 0 Å². The molecule has 0 fully saturated rings. The van der Waals surface area contributed by atoms with Crippen LogP contribution in [0.5, 0.6) is 5.88 Å². The van der Waals surface area contributed by atoms with E-state index in [9.17, 15) is 0 Å². The Hall–Kier alpha value is -1.13. The smallest absolute Gasteiger partial charge is 0.213 e. The molecule has 4 nitrogen and oxygen atoms in total.